The molecule has 0 spiro atoms. The second kappa shape index (κ2) is 12.5. The van der Waals surface area contributed by atoms with E-state index in [1.165, 1.54) is 11.3 Å². The van der Waals surface area contributed by atoms with Crippen molar-refractivity contribution >= 4 is 41.7 Å². The topological polar surface area (TPSA) is 78.4 Å². The normalized spacial score (nSPS) is 19.4. The number of amides is 1. The molecule has 2 saturated heterocycles. The van der Waals surface area contributed by atoms with E-state index in [9.17, 15) is 4.79 Å². The monoisotopic (exact) mass is 559 g/mol. The molecule has 2 heterocycles. The predicted octanol–water partition coefficient (Wildman–Crippen LogP) is 3.21. The highest BCUT2D eigenvalue weighted by molar-refractivity contribution is 14.0. The van der Waals surface area contributed by atoms with Gasteiger partial charge in [-0.3, -0.25) is 0 Å². The summed E-state index contributed by atoms with van der Waals surface area (Å²) in [4.78, 5) is 21.6. The van der Waals surface area contributed by atoms with Gasteiger partial charge in [0.15, 0.2) is 5.96 Å². The molecule has 180 valence electrons. The van der Waals surface area contributed by atoms with Crippen molar-refractivity contribution in [3.8, 4) is 0 Å². The molecule has 0 aromatic heterocycles. The zero-order chi connectivity index (χ0) is 22.3. The van der Waals surface area contributed by atoms with Gasteiger partial charge in [-0.05, 0) is 45.7 Å². The Bertz CT molecular complexity index is 762. The molecule has 8 nitrogen and oxygen atoms in total. The molecule has 0 aliphatic carbocycles. The van der Waals surface area contributed by atoms with Crippen molar-refractivity contribution in [3.05, 3.63) is 29.8 Å². The highest BCUT2D eigenvalue weighted by atomic mass is 127. The molecule has 1 unspecified atom stereocenters. The van der Waals surface area contributed by atoms with Gasteiger partial charge in [0.25, 0.3) is 0 Å². The highest BCUT2D eigenvalue weighted by Gasteiger charge is 2.28. The summed E-state index contributed by atoms with van der Waals surface area (Å²) in [6, 6.07) is 8.52. The number of para-hydroxylation sites is 1. The van der Waals surface area contributed by atoms with Crippen LogP contribution in [0.1, 0.15) is 39.7 Å². The Morgan fingerprint density at radius 3 is 2.62 bits per heavy atom. The summed E-state index contributed by atoms with van der Waals surface area (Å²) in [5.41, 5.74) is 1.95. The molecule has 2 aliphatic heterocycles. The molecule has 3 rings (SSSR count). The summed E-state index contributed by atoms with van der Waals surface area (Å²) in [7, 11) is 0. The van der Waals surface area contributed by atoms with E-state index < -0.39 is 5.60 Å². The lowest BCUT2D eigenvalue weighted by Crippen LogP contribution is -2.44. The molecular formula is C23H38IN5O3. The van der Waals surface area contributed by atoms with Crippen LogP contribution in [0.3, 0.4) is 0 Å². The van der Waals surface area contributed by atoms with Crippen LogP contribution in [0.25, 0.3) is 0 Å². The number of carbonyl (C=O) groups is 1. The molecule has 1 amide bonds. The summed E-state index contributed by atoms with van der Waals surface area (Å²) in [5, 5.41) is 6.39. The van der Waals surface area contributed by atoms with Crippen molar-refractivity contribution in [2.75, 3.05) is 50.8 Å². The third kappa shape index (κ3) is 7.99. The van der Waals surface area contributed by atoms with Gasteiger partial charge in [-0.15, -0.1) is 24.0 Å². The summed E-state index contributed by atoms with van der Waals surface area (Å²) < 4.78 is 10.9. The van der Waals surface area contributed by atoms with Crippen molar-refractivity contribution in [2.24, 2.45) is 4.99 Å². The van der Waals surface area contributed by atoms with Crippen molar-refractivity contribution in [1.29, 1.82) is 0 Å². The maximum absolute atomic E-state index is 12.1. The zero-order valence-electron chi connectivity index (χ0n) is 19.7. The minimum atomic E-state index is -0.493. The number of hydrogen-bond donors (Lipinski definition) is 2. The first kappa shape index (κ1) is 26.5. The van der Waals surface area contributed by atoms with Gasteiger partial charge in [0.1, 0.15) is 5.60 Å². The Kier molecular flexibility index (Phi) is 10.3. The van der Waals surface area contributed by atoms with E-state index in [1.54, 1.807) is 0 Å². The molecule has 9 heteroatoms. The summed E-state index contributed by atoms with van der Waals surface area (Å²) in [6.45, 7) is 14.0. The number of benzene rings is 1. The van der Waals surface area contributed by atoms with Crippen LogP contribution in [0.15, 0.2) is 29.3 Å². The Morgan fingerprint density at radius 2 is 1.94 bits per heavy atom. The van der Waals surface area contributed by atoms with Gasteiger partial charge < -0.3 is 29.9 Å². The predicted molar refractivity (Wildman–Crippen MR) is 139 cm³/mol. The highest BCUT2D eigenvalue weighted by Crippen LogP contribution is 2.22. The first-order valence-electron chi connectivity index (χ1n) is 11.3. The molecule has 1 aromatic carbocycles. The van der Waals surface area contributed by atoms with Crippen molar-refractivity contribution in [3.63, 3.8) is 0 Å². The number of nitrogens with one attached hydrogen (secondary N) is 2. The number of likely N-dealkylation sites (tertiary alicyclic amines) is 1. The summed E-state index contributed by atoms with van der Waals surface area (Å²) in [5.74, 6) is 0.882. The Balaban J connectivity index is 0.00000363. The smallest absolute Gasteiger partial charge is 0.407 e. The van der Waals surface area contributed by atoms with Crippen LogP contribution in [0.5, 0.6) is 0 Å². The summed E-state index contributed by atoms with van der Waals surface area (Å²) in [6.07, 6.45) is 0.509. The molecule has 0 saturated carbocycles. The van der Waals surface area contributed by atoms with Gasteiger partial charge >= 0.3 is 6.09 Å². The van der Waals surface area contributed by atoms with E-state index >= 15 is 0 Å². The van der Waals surface area contributed by atoms with Crippen LogP contribution in [0.4, 0.5) is 10.5 Å². The largest absolute Gasteiger partial charge is 0.444 e. The fourth-order valence-electron chi connectivity index (χ4n) is 3.89. The van der Waals surface area contributed by atoms with Gasteiger partial charge in [0, 0.05) is 38.4 Å². The number of carbonyl (C=O) groups excluding carboxylic acids is 1. The lowest BCUT2D eigenvalue weighted by atomic mass is 10.1. The van der Waals surface area contributed by atoms with E-state index in [2.05, 4.69) is 51.6 Å². The van der Waals surface area contributed by atoms with Crippen LogP contribution in [-0.4, -0.2) is 74.5 Å². The van der Waals surface area contributed by atoms with Crippen LogP contribution in [-0.2, 0) is 16.0 Å². The minimum absolute atomic E-state index is 0. The second-order valence-electron chi connectivity index (χ2n) is 8.98. The minimum Gasteiger partial charge on any atom is -0.444 e. The Morgan fingerprint density at radius 1 is 1.22 bits per heavy atom. The fraction of sp³-hybridized carbons (Fsp3) is 0.652. The SMILES string of the molecule is CCNC(=NCc1ccccc1N1CCOCC1)N1CCC(NC(=O)OC(C)(C)C)C1.I. The number of guanidine groups is 1. The zero-order valence-corrected chi connectivity index (χ0v) is 22.1. The van der Waals surface area contributed by atoms with Crippen molar-refractivity contribution in [2.45, 2.75) is 52.3 Å². The Labute approximate surface area is 209 Å². The number of rotatable bonds is 5. The van der Waals surface area contributed by atoms with Gasteiger partial charge in [0.05, 0.1) is 25.8 Å². The molecule has 0 bridgehead atoms. The van der Waals surface area contributed by atoms with E-state index in [0.717, 1.165) is 58.3 Å². The number of halogens is 1. The third-order valence-corrected chi connectivity index (χ3v) is 5.29. The maximum Gasteiger partial charge on any atom is 0.407 e. The van der Waals surface area contributed by atoms with E-state index in [4.69, 9.17) is 14.5 Å². The van der Waals surface area contributed by atoms with Crippen LogP contribution >= 0.6 is 24.0 Å². The Hall–Kier alpha value is -1.75. The lowest BCUT2D eigenvalue weighted by Gasteiger charge is -2.30. The number of anilines is 1. The van der Waals surface area contributed by atoms with Crippen LogP contribution in [0.2, 0.25) is 0 Å². The van der Waals surface area contributed by atoms with Gasteiger partial charge in [-0.1, -0.05) is 18.2 Å². The molecule has 0 radical (unpaired) electrons. The van der Waals surface area contributed by atoms with Gasteiger partial charge in [0.2, 0.25) is 0 Å². The number of nitrogens with zero attached hydrogens (tertiary/aromatic N) is 3. The molecule has 1 aromatic rings. The average Bonchev–Trinajstić information content (AvgIpc) is 3.18. The molecule has 2 fully saturated rings. The van der Waals surface area contributed by atoms with Crippen LogP contribution in [0, 0.1) is 0 Å². The van der Waals surface area contributed by atoms with Crippen molar-refractivity contribution in [1.82, 2.24) is 15.5 Å². The number of aliphatic imine (C=N–C) groups is 1. The molecular weight excluding hydrogens is 521 g/mol. The van der Waals surface area contributed by atoms with E-state index in [-0.39, 0.29) is 36.1 Å². The van der Waals surface area contributed by atoms with E-state index in [1.807, 2.05) is 20.8 Å². The summed E-state index contributed by atoms with van der Waals surface area (Å²) >= 11 is 0. The molecule has 1 atom stereocenters. The number of ether oxygens (including phenoxy) is 2. The molecule has 2 N–H and O–H groups in total. The quantitative estimate of drug-likeness (QED) is 0.328. The van der Waals surface area contributed by atoms with Gasteiger partial charge in [-0.25, -0.2) is 9.79 Å². The first-order valence-corrected chi connectivity index (χ1v) is 11.3. The molecule has 32 heavy (non-hydrogen) atoms. The van der Waals surface area contributed by atoms with Gasteiger partial charge in [-0.2, -0.15) is 0 Å². The maximum atomic E-state index is 12.1. The third-order valence-electron chi connectivity index (χ3n) is 5.29. The number of hydrogen-bond acceptors (Lipinski definition) is 5. The van der Waals surface area contributed by atoms with E-state index in [0.29, 0.717) is 6.54 Å². The first-order chi connectivity index (χ1) is 14.9. The lowest BCUT2D eigenvalue weighted by molar-refractivity contribution is 0.0507. The number of alkyl carbamates (subject to hydrolysis) is 1. The second-order valence-corrected chi connectivity index (χ2v) is 8.98. The molecule has 2 aliphatic rings. The standard InChI is InChI=1S/C23H37N5O3.HI/c1-5-24-21(28-11-10-19(17-28)26-22(29)31-23(2,3)4)25-16-18-8-6-7-9-20(18)27-12-14-30-15-13-27;/h6-9,19H,5,10-17H2,1-4H3,(H,24,25)(H,26,29);1H. The number of morpholine rings is 1. The fourth-order valence-corrected chi connectivity index (χ4v) is 3.89. The van der Waals surface area contributed by atoms with Crippen LogP contribution < -0.4 is 15.5 Å². The van der Waals surface area contributed by atoms with Crippen molar-refractivity contribution < 1.29 is 14.3 Å². The average molecular weight is 559 g/mol.